The summed E-state index contributed by atoms with van der Waals surface area (Å²) >= 11 is 0. The lowest BCUT2D eigenvalue weighted by molar-refractivity contribution is 0.330. The molecule has 12 heteroatoms. The zero-order valence-electron chi connectivity index (χ0n) is 18.2. The van der Waals surface area contributed by atoms with Crippen LogP contribution in [0.1, 0.15) is 18.3 Å². The normalized spacial score (nSPS) is 13.1. The quantitative estimate of drug-likeness (QED) is 0.525. The zero-order chi connectivity index (χ0) is 23.8. The monoisotopic (exact) mass is 468 g/mol. The van der Waals surface area contributed by atoms with Gasteiger partial charge in [0.05, 0.1) is 26.0 Å². The van der Waals surface area contributed by atoms with Crippen LogP contribution in [0.2, 0.25) is 0 Å². The summed E-state index contributed by atoms with van der Waals surface area (Å²) in [5, 5.41) is 18.8. The summed E-state index contributed by atoms with van der Waals surface area (Å²) in [5.74, 6) is 0.828. The van der Waals surface area contributed by atoms with Gasteiger partial charge in [-0.1, -0.05) is 11.8 Å². The fourth-order valence-corrected chi connectivity index (χ4v) is 3.86. The zero-order valence-corrected chi connectivity index (χ0v) is 19.1. The van der Waals surface area contributed by atoms with E-state index >= 15 is 0 Å². The standard InChI is InChI=1S/C21H20N6O5S/c1-5-32-16-11-6-8-13(22-16)21-23-20-17(12(2)19(24-25-20)26-33(4,29)30)27(21)18-14(28)9-7-10-15(18)31-3/h7,9-11,28H,5H2,1-4H3,(H,24,26). The van der Waals surface area contributed by atoms with Crippen molar-refractivity contribution in [2.24, 2.45) is 4.99 Å². The van der Waals surface area contributed by atoms with Gasteiger partial charge in [0.2, 0.25) is 21.6 Å². The smallest absolute Gasteiger partial charge is 0.231 e. The summed E-state index contributed by atoms with van der Waals surface area (Å²) in [6, 6.07) is 4.80. The van der Waals surface area contributed by atoms with E-state index in [1.165, 1.54) is 13.2 Å². The predicted molar refractivity (Wildman–Crippen MR) is 122 cm³/mol. The number of ether oxygens (including phenoxy) is 2. The van der Waals surface area contributed by atoms with Crippen LogP contribution in [0.5, 0.6) is 11.5 Å². The maximum atomic E-state index is 11.8. The second-order valence-electron chi connectivity index (χ2n) is 6.96. The number of anilines is 1. The second-order valence-corrected chi connectivity index (χ2v) is 8.71. The van der Waals surface area contributed by atoms with Crippen molar-refractivity contribution >= 4 is 38.6 Å². The molecule has 1 aliphatic heterocycles. The summed E-state index contributed by atoms with van der Waals surface area (Å²) in [7, 11) is -2.15. The molecule has 0 bridgehead atoms. The van der Waals surface area contributed by atoms with E-state index < -0.39 is 10.0 Å². The van der Waals surface area contributed by atoms with Crippen LogP contribution in [0.3, 0.4) is 0 Å². The molecule has 33 heavy (non-hydrogen) atoms. The molecule has 2 N–H and O–H groups in total. The molecule has 0 radical (unpaired) electrons. The minimum atomic E-state index is -3.62. The molecule has 0 atom stereocenters. The Morgan fingerprint density at radius 1 is 1.27 bits per heavy atom. The van der Waals surface area contributed by atoms with Crippen molar-refractivity contribution in [1.29, 1.82) is 0 Å². The highest BCUT2D eigenvalue weighted by molar-refractivity contribution is 7.92. The van der Waals surface area contributed by atoms with Gasteiger partial charge >= 0.3 is 0 Å². The number of aliphatic imine (C=N–C) groups is 1. The second kappa shape index (κ2) is 8.44. The van der Waals surface area contributed by atoms with E-state index in [1.807, 2.05) is 6.92 Å². The van der Waals surface area contributed by atoms with Crippen LogP contribution < -0.4 is 9.46 Å². The molecule has 0 unspecified atom stereocenters. The van der Waals surface area contributed by atoms with Crippen molar-refractivity contribution < 1.29 is 23.0 Å². The molecule has 0 amide bonds. The van der Waals surface area contributed by atoms with E-state index in [4.69, 9.17) is 9.47 Å². The number of nitrogens with zero attached hydrogens (tertiary/aromatic N) is 5. The molecule has 3 heterocycles. The molecule has 0 aliphatic carbocycles. The summed E-state index contributed by atoms with van der Waals surface area (Å²) in [6.45, 7) is 3.90. The lowest BCUT2D eigenvalue weighted by Crippen LogP contribution is -2.13. The number of fused-ring (bicyclic) bond motifs is 1. The third-order valence-corrected chi connectivity index (χ3v) is 5.19. The van der Waals surface area contributed by atoms with E-state index in [0.717, 1.165) is 6.26 Å². The van der Waals surface area contributed by atoms with Gasteiger partial charge in [-0.25, -0.2) is 18.4 Å². The molecule has 0 saturated heterocycles. The van der Waals surface area contributed by atoms with Crippen LogP contribution >= 0.6 is 0 Å². The van der Waals surface area contributed by atoms with Gasteiger partial charge in [-0.3, -0.25) is 9.29 Å². The van der Waals surface area contributed by atoms with E-state index in [1.54, 1.807) is 29.7 Å². The highest BCUT2D eigenvalue weighted by Gasteiger charge is 2.26. The Kier molecular flexibility index (Phi) is 5.65. The van der Waals surface area contributed by atoms with Gasteiger partial charge in [-0.05, 0) is 31.7 Å². The van der Waals surface area contributed by atoms with Crippen molar-refractivity contribution in [1.82, 2.24) is 19.7 Å². The summed E-state index contributed by atoms with van der Waals surface area (Å²) in [6.07, 6.45) is 2.56. The van der Waals surface area contributed by atoms with Gasteiger partial charge in [0.25, 0.3) is 0 Å². The SMILES string of the molecule is CCOC1=NC(c2nc3nnc(NS(C)(=O)=O)c(C)c3n2-c2c(O)cccc2OC)=C=C=C1. The van der Waals surface area contributed by atoms with Crippen molar-refractivity contribution in [3.05, 3.63) is 47.1 Å². The maximum Gasteiger partial charge on any atom is 0.231 e. The number of methoxy groups -OCH3 is 1. The highest BCUT2D eigenvalue weighted by Crippen LogP contribution is 2.38. The van der Waals surface area contributed by atoms with Crippen molar-refractivity contribution in [2.75, 3.05) is 24.7 Å². The first-order valence-electron chi connectivity index (χ1n) is 9.77. The number of hydrogen-bond donors (Lipinski definition) is 2. The lowest BCUT2D eigenvalue weighted by atomic mass is 10.2. The Labute approximate surface area is 189 Å². The van der Waals surface area contributed by atoms with Crippen LogP contribution in [0.15, 0.2) is 40.7 Å². The minimum absolute atomic E-state index is 0.0265. The first kappa shape index (κ1) is 22.1. The first-order valence-corrected chi connectivity index (χ1v) is 11.7. The van der Waals surface area contributed by atoms with Gasteiger partial charge in [0.15, 0.2) is 17.3 Å². The summed E-state index contributed by atoms with van der Waals surface area (Å²) in [5.41, 5.74) is 7.30. The number of para-hydroxylation sites is 1. The van der Waals surface area contributed by atoms with E-state index in [0.29, 0.717) is 29.3 Å². The van der Waals surface area contributed by atoms with E-state index in [2.05, 4.69) is 36.4 Å². The molecule has 1 aliphatic rings. The van der Waals surface area contributed by atoms with Gasteiger partial charge < -0.3 is 14.6 Å². The number of nitrogens with one attached hydrogen (secondary N) is 1. The van der Waals surface area contributed by atoms with Gasteiger partial charge in [-0.15, -0.1) is 10.2 Å². The predicted octanol–water partition coefficient (Wildman–Crippen LogP) is 2.31. The molecule has 0 saturated carbocycles. The van der Waals surface area contributed by atoms with Crippen LogP contribution in [-0.2, 0) is 14.8 Å². The fraction of sp³-hybridized carbons (Fsp3) is 0.238. The van der Waals surface area contributed by atoms with Crippen molar-refractivity contribution in [3.63, 3.8) is 0 Å². The molecule has 170 valence electrons. The first-order chi connectivity index (χ1) is 15.7. The fourth-order valence-electron chi connectivity index (χ4n) is 3.31. The average Bonchev–Trinajstić information content (AvgIpc) is 3.15. The number of imidazole rings is 1. The van der Waals surface area contributed by atoms with E-state index in [-0.39, 0.29) is 34.4 Å². The molecule has 2 aromatic heterocycles. The number of rotatable bonds is 6. The number of aryl methyl sites for hydroxylation is 1. The average molecular weight is 468 g/mol. The van der Waals surface area contributed by atoms with Crippen molar-refractivity contribution in [2.45, 2.75) is 13.8 Å². The third-order valence-electron chi connectivity index (χ3n) is 4.63. The molecule has 1 aromatic carbocycles. The Morgan fingerprint density at radius 3 is 2.76 bits per heavy atom. The minimum Gasteiger partial charge on any atom is -0.506 e. The van der Waals surface area contributed by atoms with E-state index in [9.17, 15) is 13.5 Å². The number of phenols is 1. The largest absolute Gasteiger partial charge is 0.506 e. The number of aromatic hydroxyl groups is 1. The lowest BCUT2D eigenvalue weighted by Gasteiger charge is -2.16. The summed E-state index contributed by atoms with van der Waals surface area (Å²) < 4.78 is 38.5. The Morgan fingerprint density at radius 2 is 2.06 bits per heavy atom. The third kappa shape index (κ3) is 4.18. The molecular formula is C21H20N6O5S. The highest BCUT2D eigenvalue weighted by atomic mass is 32.2. The molecule has 0 fully saturated rings. The van der Waals surface area contributed by atoms with Crippen molar-refractivity contribution in [3.8, 4) is 17.2 Å². The van der Waals surface area contributed by atoms with Gasteiger partial charge in [0.1, 0.15) is 22.7 Å². The molecule has 0 spiro atoms. The van der Waals surface area contributed by atoms with Crippen LogP contribution in [0.4, 0.5) is 5.82 Å². The Hall–Kier alpha value is -4.11. The number of phenolic OH excluding ortho intramolecular Hbond substituents is 1. The number of hydrogen-bond acceptors (Lipinski definition) is 9. The van der Waals surface area contributed by atoms with Crippen LogP contribution in [0.25, 0.3) is 22.5 Å². The number of aromatic nitrogens is 4. The number of benzene rings is 1. The molecule has 3 aromatic rings. The van der Waals surface area contributed by atoms with Crippen LogP contribution in [-0.4, -0.2) is 59.1 Å². The van der Waals surface area contributed by atoms with Gasteiger partial charge in [-0.2, -0.15) is 0 Å². The molecule has 11 nitrogen and oxygen atoms in total. The summed E-state index contributed by atoms with van der Waals surface area (Å²) in [4.78, 5) is 8.99. The van der Waals surface area contributed by atoms with Gasteiger partial charge in [0, 0.05) is 5.56 Å². The Bertz CT molecular complexity index is 1510. The Balaban J connectivity index is 2.10. The molecule has 4 rings (SSSR count). The topological polar surface area (TPSA) is 141 Å². The number of sulfonamides is 1. The van der Waals surface area contributed by atoms with Crippen LogP contribution in [0, 0.1) is 6.92 Å². The maximum absolute atomic E-state index is 11.8. The molecular weight excluding hydrogens is 448 g/mol.